The van der Waals surface area contributed by atoms with Crippen LogP contribution in [0.3, 0.4) is 0 Å². The third kappa shape index (κ3) is 5.56. The van der Waals surface area contributed by atoms with Gasteiger partial charge in [-0.05, 0) is 34.1 Å². The molecule has 0 amide bonds. The average molecular weight is 356 g/mol. The molecule has 0 heterocycles. The Kier molecular flexibility index (Phi) is 5.91. The van der Waals surface area contributed by atoms with Gasteiger partial charge >= 0.3 is 0 Å². The van der Waals surface area contributed by atoms with E-state index in [-0.39, 0.29) is 11.8 Å². The maximum atomic E-state index is 11.8. The van der Waals surface area contributed by atoms with Gasteiger partial charge in [-0.15, -0.1) is 0 Å². The van der Waals surface area contributed by atoms with Crippen molar-refractivity contribution in [3.8, 4) is 0 Å². The summed E-state index contributed by atoms with van der Waals surface area (Å²) in [5.74, 6) is 0.0180. The number of sulfonamides is 1. The summed E-state index contributed by atoms with van der Waals surface area (Å²) in [5, 5.41) is 3.54. The lowest BCUT2D eigenvalue weighted by atomic mass is 10.3. The average Bonchev–Trinajstić information content (AvgIpc) is 2.22. The van der Waals surface area contributed by atoms with Crippen LogP contribution in [0.1, 0.15) is 13.8 Å². The third-order valence-electron chi connectivity index (χ3n) is 2.12. The van der Waals surface area contributed by atoms with Crippen LogP contribution in [0, 0.1) is 0 Å². The third-order valence-corrected chi connectivity index (χ3v) is 4.32. The second-order valence-corrected chi connectivity index (χ2v) is 7.29. The maximum Gasteiger partial charge on any atom is 0.234 e. The van der Waals surface area contributed by atoms with Crippen LogP contribution in [0.4, 0.5) is 5.69 Å². The van der Waals surface area contributed by atoms with Crippen molar-refractivity contribution in [2.24, 2.45) is 0 Å². The molecule has 1 aromatic carbocycles. The van der Waals surface area contributed by atoms with E-state index in [9.17, 15) is 8.42 Å². The minimum absolute atomic E-state index is 0.0180. The van der Waals surface area contributed by atoms with Crippen molar-refractivity contribution in [3.63, 3.8) is 0 Å². The molecule has 102 valence electrons. The van der Waals surface area contributed by atoms with E-state index in [0.717, 1.165) is 0 Å². The van der Waals surface area contributed by atoms with Crippen LogP contribution < -0.4 is 10.0 Å². The molecule has 0 saturated carbocycles. The molecule has 0 radical (unpaired) electrons. The Labute approximate surface area is 121 Å². The van der Waals surface area contributed by atoms with Gasteiger partial charge in [0.05, 0.1) is 11.4 Å². The zero-order valence-corrected chi connectivity index (χ0v) is 13.4. The van der Waals surface area contributed by atoms with Crippen molar-refractivity contribution < 1.29 is 8.42 Å². The molecule has 0 atom stereocenters. The fraction of sp³-hybridized carbons (Fsp3) is 0.455. The maximum absolute atomic E-state index is 11.8. The van der Waals surface area contributed by atoms with Crippen LogP contribution in [0.5, 0.6) is 0 Å². The van der Waals surface area contributed by atoms with E-state index in [4.69, 9.17) is 11.6 Å². The molecule has 0 aliphatic heterocycles. The second kappa shape index (κ2) is 6.75. The fourth-order valence-electron chi connectivity index (χ4n) is 1.28. The lowest BCUT2D eigenvalue weighted by molar-refractivity contribution is 0.582. The topological polar surface area (TPSA) is 58.2 Å². The Balaban J connectivity index is 2.67. The summed E-state index contributed by atoms with van der Waals surface area (Å²) in [6.45, 7) is 4.34. The number of hydrogen-bond donors (Lipinski definition) is 2. The lowest BCUT2D eigenvalue weighted by Gasteiger charge is -2.11. The summed E-state index contributed by atoms with van der Waals surface area (Å²) in [4.78, 5) is 0. The van der Waals surface area contributed by atoms with Crippen LogP contribution >= 0.6 is 27.5 Å². The first kappa shape index (κ1) is 15.8. The molecule has 0 saturated heterocycles. The summed E-state index contributed by atoms with van der Waals surface area (Å²) in [5.41, 5.74) is 0.451. The van der Waals surface area contributed by atoms with Crippen molar-refractivity contribution in [1.82, 2.24) is 5.32 Å². The van der Waals surface area contributed by atoms with Gasteiger partial charge in [0.15, 0.2) is 0 Å². The molecule has 2 N–H and O–H groups in total. The van der Waals surface area contributed by atoms with Gasteiger partial charge in [-0.25, -0.2) is 8.42 Å². The first-order valence-electron chi connectivity index (χ1n) is 5.49. The van der Waals surface area contributed by atoms with Gasteiger partial charge in [-0.1, -0.05) is 25.4 Å². The summed E-state index contributed by atoms with van der Waals surface area (Å²) in [6.07, 6.45) is 0. The zero-order chi connectivity index (χ0) is 13.8. The fourth-order valence-corrected chi connectivity index (χ4v) is 2.92. The zero-order valence-electron chi connectivity index (χ0n) is 10.2. The molecule has 0 aliphatic rings. The molecular weight excluding hydrogens is 340 g/mol. The van der Waals surface area contributed by atoms with Crippen LogP contribution in [0.15, 0.2) is 22.7 Å². The molecule has 0 fully saturated rings. The van der Waals surface area contributed by atoms with E-state index < -0.39 is 10.0 Å². The smallest absolute Gasteiger partial charge is 0.234 e. The van der Waals surface area contributed by atoms with E-state index in [0.29, 0.717) is 21.7 Å². The molecule has 18 heavy (non-hydrogen) atoms. The Morgan fingerprint density at radius 3 is 2.67 bits per heavy atom. The largest absolute Gasteiger partial charge is 0.313 e. The van der Waals surface area contributed by atoms with Crippen LogP contribution in [0.25, 0.3) is 0 Å². The minimum Gasteiger partial charge on any atom is -0.313 e. The molecule has 1 rings (SSSR count). The quantitative estimate of drug-likeness (QED) is 0.825. The molecule has 0 aliphatic carbocycles. The van der Waals surface area contributed by atoms with Crippen molar-refractivity contribution in [2.45, 2.75) is 19.9 Å². The molecule has 0 spiro atoms. The van der Waals surface area contributed by atoms with Crippen LogP contribution in [0.2, 0.25) is 5.02 Å². The van der Waals surface area contributed by atoms with E-state index >= 15 is 0 Å². The highest BCUT2D eigenvalue weighted by Crippen LogP contribution is 2.26. The number of hydrogen-bond acceptors (Lipinski definition) is 3. The van der Waals surface area contributed by atoms with Gasteiger partial charge in [0.2, 0.25) is 10.0 Å². The van der Waals surface area contributed by atoms with Gasteiger partial charge in [-0.2, -0.15) is 0 Å². The predicted octanol–water partition coefficient (Wildman–Crippen LogP) is 2.84. The van der Waals surface area contributed by atoms with Crippen molar-refractivity contribution >= 4 is 43.2 Å². The monoisotopic (exact) mass is 354 g/mol. The van der Waals surface area contributed by atoms with E-state index in [1.54, 1.807) is 18.2 Å². The standard InChI is InChI=1S/C11H16BrClN2O2S/c1-8(2)14-5-6-18(16,17)15-11-7-9(13)3-4-10(11)12/h3-4,7-8,14-15H,5-6H2,1-2H3. The normalized spacial score (nSPS) is 11.8. The Morgan fingerprint density at radius 2 is 2.06 bits per heavy atom. The van der Waals surface area contributed by atoms with Crippen LogP contribution in [-0.2, 0) is 10.0 Å². The van der Waals surface area contributed by atoms with Gasteiger partial charge in [0.25, 0.3) is 0 Å². The van der Waals surface area contributed by atoms with Crippen molar-refractivity contribution in [3.05, 3.63) is 27.7 Å². The summed E-state index contributed by atoms with van der Waals surface area (Å²) in [7, 11) is -3.37. The first-order chi connectivity index (χ1) is 8.30. The molecule has 7 heteroatoms. The van der Waals surface area contributed by atoms with Crippen LogP contribution in [-0.4, -0.2) is 26.8 Å². The van der Waals surface area contributed by atoms with Gasteiger partial charge < -0.3 is 5.32 Å². The minimum atomic E-state index is -3.37. The van der Waals surface area contributed by atoms with Crippen molar-refractivity contribution in [2.75, 3.05) is 17.0 Å². The molecule has 0 unspecified atom stereocenters. The Morgan fingerprint density at radius 1 is 1.39 bits per heavy atom. The Bertz CT molecular complexity index is 506. The molecule has 1 aromatic rings. The number of halogens is 2. The summed E-state index contributed by atoms with van der Waals surface area (Å²) < 4.78 is 26.8. The highest BCUT2D eigenvalue weighted by Gasteiger charge is 2.12. The van der Waals surface area contributed by atoms with Crippen molar-refractivity contribution in [1.29, 1.82) is 0 Å². The van der Waals surface area contributed by atoms with Gasteiger partial charge in [0.1, 0.15) is 0 Å². The molecule has 0 aromatic heterocycles. The van der Waals surface area contributed by atoms with E-state index in [2.05, 4.69) is 26.0 Å². The van der Waals surface area contributed by atoms with E-state index in [1.165, 1.54) is 0 Å². The number of anilines is 1. The highest BCUT2D eigenvalue weighted by molar-refractivity contribution is 9.10. The molecule has 0 bridgehead atoms. The van der Waals surface area contributed by atoms with Gasteiger partial charge in [-0.3, -0.25) is 4.72 Å². The number of rotatable bonds is 6. The molecular formula is C11H16BrClN2O2S. The summed E-state index contributed by atoms with van der Waals surface area (Å²) in [6, 6.07) is 5.22. The predicted molar refractivity (Wildman–Crippen MR) is 79.7 cm³/mol. The number of nitrogens with one attached hydrogen (secondary N) is 2. The highest BCUT2D eigenvalue weighted by atomic mass is 79.9. The SMILES string of the molecule is CC(C)NCCS(=O)(=O)Nc1cc(Cl)ccc1Br. The molecule has 4 nitrogen and oxygen atoms in total. The number of benzene rings is 1. The summed E-state index contributed by atoms with van der Waals surface area (Å²) >= 11 is 9.10. The Hall–Kier alpha value is -0.300. The lowest BCUT2D eigenvalue weighted by Crippen LogP contribution is -2.31. The van der Waals surface area contributed by atoms with Gasteiger partial charge in [0, 0.05) is 22.1 Å². The first-order valence-corrected chi connectivity index (χ1v) is 8.31. The van der Waals surface area contributed by atoms with E-state index in [1.807, 2.05) is 13.8 Å². The second-order valence-electron chi connectivity index (χ2n) is 4.15.